The van der Waals surface area contributed by atoms with Gasteiger partial charge in [-0.05, 0) is 18.6 Å². The topological polar surface area (TPSA) is 72.0 Å². The van der Waals surface area contributed by atoms with Crippen LogP contribution in [0.4, 0.5) is 0 Å². The Balaban J connectivity index is 2.12. The highest BCUT2D eigenvalue weighted by molar-refractivity contribution is 5.13. The van der Waals surface area contributed by atoms with E-state index in [0.29, 0.717) is 12.2 Å². The van der Waals surface area contributed by atoms with Crippen molar-refractivity contribution in [2.75, 3.05) is 0 Å². The molecule has 2 heterocycles. The molecule has 5 nitrogen and oxygen atoms in total. The van der Waals surface area contributed by atoms with Gasteiger partial charge in [0.15, 0.2) is 5.82 Å². The molecule has 0 amide bonds. The SMILES string of the molecule is CC(O)c1nc(Cc2cccnc2)no1. The largest absolute Gasteiger partial charge is 0.384 e. The lowest BCUT2D eigenvalue weighted by Crippen LogP contribution is -1.94. The summed E-state index contributed by atoms with van der Waals surface area (Å²) in [7, 11) is 0. The Kier molecular flexibility index (Phi) is 2.73. The fourth-order valence-corrected chi connectivity index (χ4v) is 1.19. The van der Waals surface area contributed by atoms with Crippen molar-refractivity contribution >= 4 is 0 Å². The zero-order valence-corrected chi connectivity index (χ0v) is 8.29. The van der Waals surface area contributed by atoms with E-state index in [1.54, 1.807) is 19.3 Å². The molecule has 5 heteroatoms. The van der Waals surface area contributed by atoms with Gasteiger partial charge < -0.3 is 9.63 Å². The van der Waals surface area contributed by atoms with E-state index in [1.807, 2.05) is 12.1 Å². The molecule has 0 saturated carbocycles. The molecule has 0 radical (unpaired) electrons. The molecule has 0 spiro atoms. The van der Waals surface area contributed by atoms with Gasteiger partial charge in [-0.1, -0.05) is 11.2 Å². The Bertz CT molecular complexity index is 425. The van der Waals surface area contributed by atoms with Crippen LogP contribution in [-0.2, 0) is 6.42 Å². The van der Waals surface area contributed by atoms with Crippen molar-refractivity contribution in [2.24, 2.45) is 0 Å². The Morgan fingerprint density at radius 1 is 1.53 bits per heavy atom. The maximum Gasteiger partial charge on any atom is 0.255 e. The van der Waals surface area contributed by atoms with E-state index in [0.717, 1.165) is 5.56 Å². The highest BCUT2D eigenvalue weighted by atomic mass is 16.5. The molecule has 0 saturated heterocycles. The highest BCUT2D eigenvalue weighted by Gasteiger charge is 2.11. The number of aromatic nitrogens is 3. The Morgan fingerprint density at radius 2 is 2.40 bits per heavy atom. The highest BCUT2D eigenvalue weighted by Crippen LogP contribution is 2.10. The number of aliphatic hydroxyl groups is 1. The zero-order valence-electron chi connectivity index (χ0n) is 8.29. The fourth-order valence-electron chi connectivity index (χ4n) is 1.19. The predicted molar refractivity (Wildman–Crippen MR) is 52.0 cm³/mol. The second-order valence-electron chi connectivity index (χ2n) is 3.26. The number of hydrogen-bond acceptors (Lipinski definition) is 5. The van der Waals surface area contributed by atoms with E-state index in [9.17, 15) is 5.11 Å². The third kappa shape index (κ3) is 2.38. The number of nitrogens with zero attached hydrogens (tertiary/aromatic N) is 3. The van der Waals surface area contributed by atoms with Crippen LogP contribution < -0.4 is 0 Å². The molecule has 15 heavy (non-hydrogen) atoms. The van der Waals surface area contributed by atoms with Gasteiger partial charge in [-0.3, -0.25) is 4.98 Å². The summed E-state index contributed by atoms with van der Waals surface area (Å²) in [4.78, 5) is 8.04. The summed E-state index contributed by atoms with van der Waals surface area (Å²) in [5.41, 5.74) is 1.01. The van der Waals surface area contributed by atoms with E-state index in [2.05, 4.69) is 15.1 Å². The fraction of sp³-hybridized carbons (Fsp3) is 0.300. The Morgan fingerprint density at radius 3 is 3.00 bits per heavy atom. The molecule has 1 unspecified atom stereocenters. The summed E-state index contributed by atoms with van der Waals surface area (Å²) in [5, 5.41) is 13.0. The van der Waals surface area contributed by atoms with Gasteiger partial charge in [-0.2, -0.15) is 4.98 Å². The maximum absolute atomic E-state index is 9.19. The van der Waals surface area contributed by atoms with Gasteiger partial charge in [0.1, 0.15) is 6.10 Å². The minimum Gasteiger partial charge on any atom is -0.384 e. The lowest BCUT2D eigenvalue weighted by molar-refractivity contribution is 0.151. The molecule has 78 valence electrons. The molecule has 0 aromatic carbocycles. The van der Waals surface area contributed by atoms with Crippen LogP contribution in [0.15, 0.2) is 29.0 Å². The molecule has 0 aliphatic rings. The lowest BCUT2D eigenvalue weighted by Gasteiger charge is -1.94. The number of aliphatic hydroxyl groups excluding tert-OH is 1. The minimum absolute atomic E-state index is 0.244. The number of pyridine rings is 1. The molecule has 0 aliphatic heterocycles. The van der Waals surface area contributed by atoms with Gasteiger partial charge in [0.2, 0.25) is 0 Å². The zero-order chi connectivity index (χ0) is 10.7. The van der Waals surface area contributed by atoms with E-state index < -0.39 is 6.10 Å². The number of hydrogen-bond donors (Lipinski definition) is 1. The van der Waals surface area contributed by atoms with Crippen molar-refractivity contribution in [3.8, 4) is 0 Å². The van der Waals surface area contributed by atoms with Crippen molar-refractivity contribution in [1.82, 2.24) is 15.1 Å². The normalized spacial score (nSPS) is 12.7. The molecule has 0 fully saturated rings. The smallest absolute Gasteiger partial charge is 0.255 e. The summed E-state index contributed by atoms with van der Waals surface area (Å²) < 4.78 is 4.87. The van der Waals surface area contributed by atoms with Crippen LogP contribution in [0.5, 0.6) is 0 Å². The Labute approximate surface area is 86.8 Å². The van der Waals surface area contributed by atoms with Crippen LogP contribution in [0.25, 0.3) is 0 Å². The van der Waals surface area contributed by atoms with E-state index >= 15 is 0 Å². The van der Waals surface area contributed by atoms with Crippen LogP contribution >= 0.6 is 0 Å². The van der Waals surface area contributed by atoms with Gasteiger partial charge in [0.25, 0.3) is 5.89 Å². The van der Waals surface area contributed by atoms with Crippen LogP contribution in [0.3, 0.4) is 0 Å². The van der Waals surface area contributed by atoms with Crippen LogP contribution in [0, 0.1) is 0 Å². The first-order valence-corrected chi connectivity index (χ1v) is 4.65. The molecule has 2 rings (SSSR count). The molecule has 0 bridgehead atoms. The van der Waals surface area contributed by atoms with E-state index in [4.69, 9.17) is 4.52 Å². The van der Waals surface area contributed by atoms with Gasteiger partial charge >= 0.3 is 0 Å². The first-order valence-electron chi connectivity index (χ1n) is 4.65. The maximum atomic E-state index is 9.19. The summed E-state index contributed by atoms with van der Waals surface area (Å²) >= 11 is 0. The summed E-state index contributed by atoms with van der Waals surface area (Å²) in [5.74, 6) is 0.799. The van der Waals surface area contributed by atoms with Gasteiger partial charge in [0.05, 0.1) is 0 Å². The molecule has 1 atom stereocenters. The average molecular weight is 205 g/mol. The monoisotopic (exact) mass is 205 g/mol. The molecule has 1 N–H and O–H groups in total. The van der Waals surface area contributed by atoms with Crippen LogP contribution in [0.1, 0.15) is 30.3 Å². The molecule has 2 aromatic heterocycles. The van der Waals surface area contributed by atoms with Crippen molar-refractivity contribution < 1.29 is 9.63 Å². The quantitative estimate of drug-likeness (QED) is 0.812. The summed E-state index contributed by atoms with van der Waals surface area (Å²) in [6.45, 7) is 1.58. The van der Waals surface area contributed by atoms with Gasteiger partial charge in [0, 0.05) is 18.8 Å². The molecule has 2 aromatic rings. The number of rotatable bonds is 3. The molecular formula is C10H11N3O2. The second-order valence-corrected chi connectivity index (χ2v) is 3.26. The van der Waals surface area contributed by atoms with Gasteiger partial charge in [-0.15, -0.1) is 0 Å². The van der Waals surface area contributed by atoms with Crippen molar-refractivity contribution in [3.05, 3.63) is 41.8 Å². The first-order chi connectivity index (χ1) is 7.25. The molecular weight excluding hydrogens is 194 g/mol. The lowest BCUT2D eigenvalue weighted by atomic mass is 10.2. The van der Waals surface area contributed by atoms with E-state index in [1.165, 1.54) is 0 Å². The van der Waals surface area contributed by atoms with Crippen molar-refractivity contribution in [2.45, 2.75) is 19.4 Å². The summed E-state index contributed by atoms with van der Waals surface area (Å²) in [6, 6.07) is 3.79. The summed E-state index contributed by atoms with van der Waals surface area (Å²) in [6.07, 6.45) is 3.30. The van der Waals surface area contributed by atoms with Gasteiger partial charge in [-0.25, -0.2) is 0 Å². The Hall–Kier alpha value is -1.75. The second kappa shape index (κ2) is 4.18. The van der Waals surface area contributed by atoms with Crippen LogP contribution in [-0.4, -0.2) is 20.2 Å². The third-order valence-electron chi connectivity index (χ3n) is 1.93. The average Bonchev–Trinajstić information content (AvgIpc) is 2.68. The minimum atomic E-state index is -0.722. The van der Waals surface area contributed by atoms with Crippen LogP contribution in [0.2, 0.25) is 0 Å². The molecule has 0 aliphatic carbocycles. The van der Waals surface area contributed by atoms with Crippen molar-refractivity contribution in [1.29, 1.82) is 0 Å². The third-order valence-corrected chi connectivity index (χ3v) is 1.93. The standard InChI is InChI=1S/C10H11N3O2/c1-7(14)10-12-9(13-15-10)5-8-3-2-4-11-6-8/h2-4,6-7,14H,5H2,1H3. The van der Waals surface area contributed by atoms with E-state index in [-0.39, 0.29) is 5.89 Å². The first kappa shape index (κ1) is 9.79. The van der Waals surface area contributed by atoms with Crippen molar-refractivity contribution in [3.63, 3.8) is 0 Å². The predicted octanol–water partition coefficient (Wildman–Crippen LogP) is 1.11.